The standard InChI is InChI=1S/C10H13ClN2OS.ClH/c11-9-4-3-7(15-9)6-13-10(14)8-2-1-5-12-8;/h3-4,8,12H,1-2,5-6H2,(H,13,14);1H/t8-;/m0./s1. The van der Waals surface area contributed by atoms with E-state index in [1.165, 1.54) is 11.3 Å². The molecule has 0 aromatic carbocycles. The van der Waals surface area contributed by atoms with Crippen molar-refractivity contribution in [3.8, 4) is 0 Å². The third kappa shape index (κ3) is 3.63. The van der Waals surface area contributed by atoms with Gasteiger partial charge in [-0.1, -0.05) is 11.6 Å². The van der Waals surface area contributed by atoms with Gasteiger partial charge in [-0.2, -0.15) is 0 Å². The molecule has 2 N–H and O–H groups in total. The fourth-order valence-electron chi connectivity index (χ4n) is 1.65. The number of nitrogens with one attached hydrogen (secondary N) is 2. The lowest BCUT2D eigenvalue weighted by Gasteiger charge is -2.09. The molecular formula is C10H14Cl2N2OS. The Balaban J connectivity index is 0.00000128. The zero-order valence-electron chi connectivity index (χ0n) is 8.66. The van der Waals surface area contributed by atoms with Gasteiger partial charge in [-0.3, -0.25) is 4.79 Å². The van der Waals surface area contributed by atoms with Crippen molar-refractivity contribution in [1.82, 2.24) is 10.6 Å². The highest BCUT2D eigenvalue weighted by molar-refractivity contribution is 7.16. The third-order valence-electron chi connectivity index (χ3n) is 2.44. The highest BCUT2D eigenvalue weighted by Gasteiger charge is 2.21. The van der Waals surface area contributed by atoms with Gasteiger partial charge in [0.05, 0.1) is 16.9 Å². The monoisotopic (exact) mass is 280 g/mol. The number of carbonyl (C=O) groups is 1. The van der Waals surface area contributed by atoms with Crippen LogP contribution in [0.2, 0.25) is 4.34 Å². The summed E-state index contributed by atoms with van der Waals surface area (Å²) in [6, 6.07) is 3.79. The van der Waals surface area contributed by atoms with Crippen molar-refractivity contribution in [2.75, 3.05) is 6.54 Å². The molecule has 0 bridgehead atoms. The Bertz CT molecular complexity index is 350. The lowest BCUT2D eigenvalue weighted by Crippen LogP contribution is -2.39. The van der Waals surface area contributed by atoms with Crippen molar-refractivity contribution in [2.24, 2.45) is 0 Å². The van der Waals surface area contributed by atoms with Gasteiger partial charge in [0, 0.05) is 4.88 Å². The van der Waals surface area contributed by atoms with E-state index in [9.17, 15) is 4.79 Å². The van der Waals surface area contributed by atoms with Crippen LogP contribution < -0.4 is 10.6 Å². The molecule has 2 rings (SSSR count). The minimum atomic E-state index is 0. The van der Waals surface area contributed by atoms with Crippen LogP contribution in [0.4, 0.5) is 0 Å². The Kier molecular flexibility index (Phi) is 5.55. The van der Waals surface area contributed by atoms with Crippen LogP contribution in [0.3, 0.4) is 0 Å². The molecule has 0 aliphatic carbocycles. The number of hydrogen-bond donors (Lipinski definition) is 2. The minimum absolute atomic E-state index is 0. The van der Waals surface area contributed by atoms with E-state index in [-0.39, 0.29) is 24.4 Å². The van der Waals surface area contributed by atoms with Gasteiger partial charge < -0.3 is 10.6 Å². The molecule has 0 unspecified atom stereocenters. The second-order valence-corrected chi connectivity index (χ2v) is 5.37. The number of rotatable bonds is 3. The van der Waals surface area contributed by atoms with E-state index < -0.39 is 0 Å². The third-order valence-corrected chi connectivity index (χ3v) is 3.67. The molecule has 0 radical (unpaired) electrons. The van der Waals surface area contributed by atoms with Crippen LogP contribution in [0.25, 0.3) is 0 Å². The average molecular weight is 281 g/mol. The van der Waals surface area contributed by atoms with E-state index >= 15 is 0 Å². The van der Waals surface area contributed by atoms with Crippen LogP contribution in [0.15, 0.2) is 12.1 Å². The number of amides is 1. The van der Waals surface area contributed by atoms with Crippen molar-refractivity contribution >= 4 is 41.3 Å². The minimum Gasteiger partial charge on any atom is -0.350 e. The Morgan fingerprint density at radius 1 is 1.62 bits per heavy atom. The molecule has 90 valence electrons. The maximum absolute atomic E-state index is 11.6. The van der Waals surface area contributed by atoms with Crippen molar-refractivity contribution < 1.29 is 4.79 Å². The summed E-state index contributed by atoms with van der Waals surface area (Å²) in [5.74, 6) is 0.0945. The summed E-state index contributed by atoms with van der Waals surface area (Å²) in [6.45, 7) is 1.53. The average Bonchev–Trinajstić information content (AvgIpc) is 2.84. The highest BCUT2D eigenvalue weighted by Crippen LogP contribution is 2.21. The molecule has 1 atom stereocenters. The topological polar surface area (TPSA) is 41.1 Å². The van der Waals surface area contributed by atoms with Crippen LogP contribution in [0, 0.1) is 0 Å². The lowest BCUT2D eigenvalue weighted by atomic mass is 10.2. The largest absolute Gasteiger partial charge is 0.350 e. The maximum atomic E-state index is 11.6. The highest BCUT2D eigenvalue weighted by atomic mass is 35.5. The number of halogens is 2. The lowest BCUT2D eigenvalue weighted by molar-refractivity contribution is -0.122. The molecule has 1 aromatic heterocycles. The first-order valence-electron chi connectivity index (χ1n) is 5.01. The van der Waals surface area contributed by atoms with Gasteiger partial charge in [0.1, 0.15) is 0 Å². The van der Waals surface area contributed by atoms with Crippen molar-refractivity contribution in [3.63, 3.8) is 0 Å². The molecule has 1 aromatic rings. The van der Waals surface area contributed by atoms with Crippen LogP contribution in [0.5, 0.6) is 0 Å². The van der Waals surface area contributed by atoms with Crippen LogP contribution in [-0.2, 0) is 11.3 Å². The van der Waals surface area contributed by atoms with Gasteiger partial charge in [-0.15, -0.1) is 23.7 Å². The summed E-state index contributed by atoms with van der Waals surface area (Å²) in [6.07, 6.45) is 2.03. The number of thiophene rings is 1. The molecule has 16 heavy (non-hydrogen) atoms. The number of carbonyl (C=O) groups excluding carboxylic acids is 1. The van der Waals surface area contributed by atoms with Crippen LogP contribution >= 0.6 is 35.3 Å². The van der Waals surface area contributed by atoms with E-state index in [0.717, 1.165) is 28.6 Å². The first-order chi connectivity index (χ1) is 7.25. The van der Waals surface area contributed by atoms with Gasteiger partial charge >= 0.3 is 0 Å². The SMILES string of the molecule is Cl.O=C(NCc1ccc(Cl)s1)[C@@H]1CCCN1. The van der Waals surface area contributed by atoms with E-state index in [2.05, 4.69) is 10.6 Å². The zero-order chi connectivity index (χ0) is 10.7. The molecule has 2 heterocycles. The van der Waals surface area contributed by atoms with Gasteiger partial charge in [0.2, 0.25) is 5.91 Å². The second kappa shape index (κ2) is 6.45. The molecule has 6 heteroatoms. The Morgan fingerprint density at radius 2 is 2.44 bits per heavy atom. The quantitative estimate of drug-likeness (QED) is 0.891. The fourth-order valence-corrected chi connectivity index (χ4v) is 2.68. The Morgan fingerprint density at radius 3 is 3.00 bits per heavy atom. The summed E-state index contributed by atoms with van der Waals surface area (Å²) >= 11 is 7.30. The zero-order valence-corrected chi connectivity index (χ0v) is 11.1. The molecule has 1 fully saturated rings. The summed E-state index contributed by atoms with van der Waals surface area (Å²) < 4.78 is 0.762. The van der Waals surface area contributed by atoms with E-state index in [0.29, 0.717) is 6.54 Å². The van der Waals surface area contributed by atoms with Crippen molar-refractivity contribution in [1.29, 1.82) is 0 Å². The van der Waals surface area contributed by atoms with Crippen molar-refractivity contribution in [3.05, 3.63) is 21.3 Å². The molecular weight excluding hydrogens is 267 g/mol. The maximum Gasteiger partial charge on any atom is 0.237 e. The van der Waals surface area contributed by atoms with Gasteiger partial charge in [0.25, 0.3) is 0 Å². The normalized spacial score (nSPS) is 19.2. The Labute approximate surface area is 110 Å². The molecule has 3 nitrogen and oxygen atoms in total. The Hall–Kier alpha value is -0.290. The van der Waals surface area contributed by atoms with Gasteiger partial charge in [-0.05, 0) is 31.5 Å². The van der Waals surface area contributed by atoms with Gasteiger partial charge in [0.15, 0.2) is 0 Å². The second-order valence-electron chi connectivity index (χ2n) is 3.57. The molecule has 0 spiro atoms. The van der Waals surface area contributed by atoms with Crippen LogP contribution in [-0.4, -0.2) is 18.5 Å². The van der Waals surface area contributed by atoms with Crippen molar-refractivity contribution in [2.45, 2.75) is 25.4 Å². The predicted molar refractivity (Wildman–Crippen MR) is 69.4 cm³/mol. The number of hydrogen-bond acceptors (Lipinski definition) is 3. The summed E-state index contributed by atoms with van der Waals surface area (Å²) in [5.41, 5.74) is 0. The smallest absolute Gasteiger partial charge is 0.237 e. The first kappa shape index (κ1) is 13.8. The molecule has 0 saturated carbocycles. The predicted octanol–water partition coefficient (Wildman–Crippen LogP) is 2.19. The molecule has 1 amide bonds. The van der Waals surface area contributed by atoms with Crippen LogP contribution in [0.1, 0.15) is 17.7 Å². The molecule has 1 aliphatic heterocycles. The molecule has 1 aliphatic rings. The summed E-state index contributed by atoms with van der Waals surface area (Å²) in [4.78, 5) is 12.7. The van der Waals surface area contributed by atoms with E-state index in [1.54, 1.807) is 0 Å². The first-order valence-corrected chi connectivity index (χ1v) is 6.20. The summed E-state index contributed by atoms with van der Waals surface area (Å²) in [7, 11) is 0. The van der Waals surface area contributed by atoms with E-state index in [4.69, 9.17) is 11.6 Å². The molecule has 1 saturated heterocycles. The fraction of sp³-hybridized carbons (Fsp3) is 0.500. The van der Waals surface area contributed by atoms with Gasteiger partial charge in [-0.25, -0.2) is 0 Å². The summed E-state index contributed by atoms with van der Waals surface area (Å²) in [5, 5.41) is 6.07. The van der Waals surface area contributed by atoms with E-state index in [1.807, 2.05) is 12.1 Å².